The average molecular weight is 397 g/mol. The Hall–Kier alpha value is -3.82. The highest BCUT2D eigenvalue weighted by molar-refractivity contribution is 5.60. The molecule has 4 heterocycles. The fourth-order valence-electron chi connectivity index (χ4n) is 2.84. The minimum absolute atomic E-state index is 0.00519. The maximum atomic E-state index is 14.1. The first-order chi connectivity index (χ1) is 14.1. The van der Waals surface area contributed by atoms with Crippen LogP contribution in [0.25, 0.3) is 17.2 Å². The molecule has 0 N–H and O–H groups in total. The predicted molar refractivity (Wildman–Crippen MR) is 95.0 cm³/mol. The van der Waals surface area contributed by atoms with E-state index in [4.69, 9.17) is 4.84 Å². The lowest BCUT2D eigenvalue weighted by Gasteiger charge is -2.08. The van der Waals surface area contributed by atoms with Crippen LogP contribution in [0.5, 0.6) is 5.88 Å². The van der Waals surface area contributed by atoms with Crippen LogP contribution in [0, 0.1) is 17.5 Å². The second-order valence-corrected chi connectivity index (χ2v) is 6.36. The van der Waals surface area contributed by atoms with E-state index in [0.29, 0.717) is 23.6 Å². The molecule has 29 heavy (non-hydrogen) atoms. The number of benzene rings is 1. The van der Waals surface area contributed by atoms with E-state index in [2.05, 4.69) is 19.9 Å². The van der Waals surface area contributed by atoms with Gasteiger partial charge < -0.3 is 4.40 Å². The Morgan fingerprint density at radius 2 is 1.97 bits per heavy atom. The number of nitrogens with zero attached hydrogens (tertiary/aromatic N) is 6. The molecular weight excluding hydrogens is 385 g/mol. The Morgan fingerprint density at radius 3 is 2.79 bits per heavy atom. The van der Waals surface area contributed by atoms with Crippen molar-refractivity contribution < 1.29 is 22.7 Å². The molecule has 0 aliphatic carbocycles. The van der Waals surface area contributed by atoms with E-state index in [1.807, 2.05) is 0 Å². The van der Waals surface area contributed by atoms with Gasteiger partial charge in [0.2, 0.25) is 5.82 Å². The quantitative estimate of drug-likeness (QED) is 0.484. The summed E-state index contributed by atoms with van der Waals surface area (Å²) in [7, 11) is 0. The first kappa shape index (κ1) is 17.3. The van der Waals surface area contributed by atoms with Crippen molar-refractivity contribution in [2.75, 3.05) is 6.54 Å². The van der Waals surface area contributed by atoms with Crippen molar-refractivity contribution in [1.82, 2.24) is 24.3 Å². The molecule has 0 saturated heterocycles. The van der Waals surface area contributed by atoms with Crippen LogP contribution in [0.4, 0.5) is 13.2 Å². The predicted octanol–water partition coefficient (Wildman–Crippen LogP) is 2.59. The topological polar surface area (TPSA) is 68.2 Å². The summed E-state index contributed by atoms with van der Waals surface area (Å²) in [6, 6.07) is 3.23. The van der Waals surface area contributed by atoms with E-state index in [1.54, 1.807) is 29.2 Å². The van der Waals surface area contributed by atoms with Crippen LogP contribution >= 0.6 is 0 Å². The number of hydroxylamine groups is 1. The molecule has 4 aromatic rings. The van der Waals surface area contributed by atoms with Gasteiger partial charge in [0, 0.05) is 25.0 Å². The SMILES string of the molecule is Fc1ccc(F)c(Cc2nc(-c3ncc(F)c(O[N+]4=CC4)n3)cn3ccnc23)c1. The van der Waals surface area contributed by atoms with E-state index in [-0.39, 0.29) is 23.7 Å². The monoisotopic (exact) mass is 397 g/mol. The number of rotatable bonds is 5. The van der Waals surface area contributed by atoms with Gasteiger partial charge in [-0.3, -0.25) is 0 Å². The maximum Gasteiger partial charge on any atom is 0.334 e. The second kappa shape index (κ2) is 6.66. The summed E-state index contributed by atoms with van der Waals surface area (Å²) in [5, 5.41) is 0. The van der Waals surface area contributed by atoms with Crippen LogP contribution < -0.4 is 4.84 Å². The van der Waals surface area contributed by atoms with Crippen molar-refractivity contribution in [1.29, 1.82) is 0 Å². The van der Waals surface area contributed by atoms with Crippen molar-refractivity contribution >= 4 is 11.9 Å². The van der Waals surface area contributed by atoms with E-state index in [9.17, 15) is 13.2 Å². The van der Waals surface area contributed by atoms with Gasteiger partial charge in [0.1, 0.15) is 17.3 Å². The first-order valence-corrected chi connectivity index (χ1v) is 8.64. The summed E-state index contributed by atoms with van der Waals surface area (Å²) in [4.78, 5) is 22.0. The van der Waals surface area contributed by atoms with E-state index < -0.39 is 17.5 Å². The number of hydrogen-bond donors (Lipinski definition) is 0. The zero-order valence-corrected chi connectivity index (χ0v) is 14.8. The van der Waals surface area contributed by atoms with Gasteiger partial charge in [0.25, 0.3) is 12.8 Å². The Morgan fingerprint density at radius 1 is 1.10 bits per heavy atom. The third kappa shape index (κ3) is 3.40. The Balaban J connectivity index is 1.59. The highest BCUT2D eigenvalue weighted by atomic mass is 19.1. The molecule has 0 amide bonds. The molecule has 0 radical (unpaired) electrons. The van der Waals surface area contributed by atoms with Gasteiger partial charge in [-0.25, -0.2) is 28.6 Å². The molecule has 0 saturated carbocycles. The van der Waals surface area contributed by atoms with Crippen molar-refractivity contribution in [3.63, 3.8) is 0 Å². The van der Waals surface area contributed by atoms with Gasteiger partial charge in [-0.1, -0.05) is 0 Å². The molecule has 0 spiro atoms. The average Bonchev–Trinajstić information content (AvgIpc) is 3.39. The zero-order chi connectivity index (χ0) is 20.0. The first-order valence-electron chi connectivity index (χ1n) is 8.64. The standard InChI is InChI=1S/C19H12F3N6O/c20-12-1-2-13(21)11(7-12)8-15-18-23-3-4-27(18)10-16(25-15)17-24-9-14(22)19(26-17)29-28-5-6-28/h1-5,7,9-10H,6,8H2/q+1. The van der Waals surface area contributed by atoms with Gasteiger partial charge in [-0.2, -0.15) is 9.37 Å². The van der Waals surface area contributed by atoms with Crippen LogP contribution in [0.3, 0.4) is 0 Å². The molecule has 10 heteroatoms. The Kier molecular flexibility index (Phi) is 3.97. The molecule has 144 valence electrons. The molecule has 5 rings (SSSR count). The second-order valence-electron chi connectivity index (χ2n) is 6.36. The van der Waals surface area contributed by atoms with Crippen LogP contribution in [-0.2, 0) is 6.42 Å². The molecule has 0 bridgehead atoms. The third-order valence-electron chi connectivity index (χ3n) is 4.29. The summed E-state index contributed by atoms with van der Waals surface area (Å²) in [6.45, 7) is 0.571. The molecule has 0 fully saturated rings. The molecule has 0 unspecified atom stereocenters. The van der Waals surface area contributed by atoms with E-state index >= 15 is 0 Å². The summed E-state index contributed by atoms with van der Waals surface area (Å²) >= 11 is 0. The highest BCUT2D eigenvalue weighted by Crippen LogP contribution is 2.23. The third-order valence-corrected chi connectivity index (χ3v) is 4.29. The fourth-order valence-corrected chi connectivity index (χ4v) is 2.84. The summed E-state index contributed by atoms with van der Waals surface area (Å²) < 4.78 is 44.7. The molecule has 0 atom stereocenters. The van der Waals surface area contributed by atoms with Crippen LogP contribution in [-0.4, -0.2) is 41.8 Å². The Labute approximate surface area is 161 Å². The number of halogens is 3. The van der Waals surface area contributed by atoms with E-state index in [0.717, 1.165) is 24.4 Å². The molecule has 1 aromatic carbocycles. The molecular formula is C19H12F3N6O+. The highest BCUT2D eigenvalue weighted by Gasteiger charge is 2.25. The van der Waals surface area contributed by atoms with Crippen LogP contribution in [0.15, 0.2) is 43.0 Å². The lowest BCUT2D eigenvalue weighted by atomic mass is 10.1. The van der Waals surface area contributed by atoms with Crippen molar-refractivity contribution in [3.8, 4) is 17.4 Å². The van der Waals surface area contributed by atoms with Gasteiger partial charge in [-0.05, 0) is 28.5 Å². The molecule has 7 nitrogen and oxygen atoms in total. The van der Waals surface area contributed by atoms with Gasteiger partial charge in [-0.15, -0.1) is 0 Å². The number of aromatic nitrogens is 5. The lowest BCUT2D eigenvalue weighted by molar-refractivity contribution is -0.681. The van der Waals surface area contributed by atoms with Crippen molar-refractivity contribution in [2.24, 2.45) is 0 Å². The van der Waals surface area contributed by atoms with Gasteiger partial charge in [0.05, 0.1) is 11.9 Å². The number of hydrogen-bond acceptors (Lipinski definition) is 5. The largest absolute Gasteiger partial charge is 0.334 e. The minimum Gasteiger partial charge on any atom is -0.303 e. The minimum atomic E-state index is -0.709. The fraction of sp³-hybridized carbons (Fsp3) is 0.105. The summed E-state index contributed by atoms with van der Waals surface area (Å²) in [5.41, 5.74) is 1.32. The Bertz CT molecular complexity index is 1290. The zero-order valence-electron chi connectivity index (χ0n) is 14.8. The number of imidazole rings is 1. The lowest BCUT2D eigenvalue weighted by Crippen LogP contribution is -2.07. The summed E-state index contributed by atoms with van der Waals surface area (Å²) in [5.74, 6) is -1.91. The van der Waals surface area contributed by atoms with Gasteiger partial charge in [0.15, 0.2) is 11.5 Å². The molecule has 1 aliphatic rings. The van der Waals surface area contributed by atoms with Crippen molar-refractivity contribution in [3.05, 3.63) is 71.7 Å². The van der Waals surface area contributed by atoms with Crippen LogP contribution in [0.2, 0.25) is 0 Å². The number of fused-ring (bicyclic) bond motifs is 1. The maximum absolute atomic E-state index is 14.1. The summed E-state index contributed by atoms with van der Waals surface area (Å²) in [6.07, 6.45) is 7.56. The normalized spacial score (nSPS) is 12.9. The van der Waals surface area contributed by atoms with Crippen LogP contribution in [0.1, 0.15) is 11.3 Å². The van der Waals surface area contributed by atoms with E-state index in [1.165, 1.54) is 4.74 Å². The molecule has 1 aliphatic heterocycles. The molecule has 3 aromatic heterocycles. The van der Waals surface area contributed by atoms with Crippen molar-refractivity contribution in [2.45, 2.75) is 6.42 Å². The van der Waals surface area contributed by atoms with Gasteiger partial charge >= 0.3 is 5.88 Å². The smallest absolute Gasteiger partial charge is 0.303 e.